The highest BCUT2D eigenvalue weighted by Gasteiger charge is 2.25. The molecule has 4 N–H and O–H groups in total. The van der Waals surface area contributed by atoms with Crippen molar-refractivity contribution < 1.29 is 10.2 Å². The van der Waals surface area contributed by atoms with Crippen molar-refractivity contribution in [1.82, 2.24) is 0 Å². The molecule has 3 heteroatoms. The summed E-state index contributed by atoms with van der Waals surface area (Å²) in [6.45, 7) is 8.06. The Labute approximate surface area is 103 Å². The molecule has 0 unspecified atom stereocenters. The van der Waals surface area contributed by atoms with Gasteiger partial charge in [0.15, 0.2) is 0 Å². The molecule has 0 heterocycles. The number of benzene rings is 1. The van der Waals surface area contributed by atoms with Crippen molar-refractivity contribution in [2.75, 3.05) is 0 Å². The third-order valence-corrected chi connectivity index (χ3v) is 3.13. The Bertz CT molecular complexity index is 382. The summed E-state index contributed by atoms with van der Waals surface area (Å²) < 4.78 is 0. The van der Waals surface area contributed by atoms with Crippen molar-refractivity contribution in [3.05, 3.63) is 29.3 Å². The molecule has 2 atom stereocenters. The summed E-state index contributed by atoms with van der Waals surface area (Å²) in [5.41, 5.74) is 7.56. The summed E-state index contributed by atoms with van der Waals surface area (Å²) in [6.07, 6.45) is -0.273. The molecule has 0 saturated heterocycles. The lowest BCUT2D eigenvalue weighted by Crippen LogP contribution is -2.36. The zero-order valence-electron chi connectivity index (χ0n) is 11.1. The second kappa shape index (κ2) is 5.07. The molecule has 0 saturated carbocycles. The standard InChI is InChI=1S/C14H23NO2/c1-9-5-6-11(16)10(7-9)12(17)8-13(15)14(2,3)4/h5-7,12-13,16-17H,8,15H2,1-4H3/t12-,13+/m0/s1. The van der Waals surface area contributed by atoms with Crippen LogP contribution < -0.4 is 5.73 Å². The number of aryl methyl sites for hydroxylation is 1. The second-order valence-electron chi connectivity index (χ2n) is 5.79. The smallest absolute Gasteiger partial charge is 0.121 e. The van der Waals surface area contributed by atoms with Gasteiger partial charge in [0.25, 0.3) is 0 Å². The van der Waals surface area contributed by atoms with Gasteiger partial charge in [-0.1, -0.05) is 32.4 Å². The number of phenolic OH excluding ortho intramolecular Hbond substituents is 1. The van der Waals surface area contributed by atoms with Crippen LogP contribution in [-0.2, 0) is 0 Å². The lowest BCUT2D eigenvalue weighted by atomic mass is 9.83. The third kappa shape index (κ3) is 3.72. The van der Waals surface area contributed by atoms with Crippen molar-refractivity contribution in [3.63, 3.8) is 0 Å². The highest BCUT2D eigenvalue weighted by atomic mass is 16.3. The van der Waals surface area contributed by atoms with Gasteiger partial charge in [0.2, 0.25) is 0 Å². The van der Waals surface area contributed by atoms with Gasteiger partial charge in [0, 0.05) is 11.6 Å². The minimum absolute atomic E-state index is 0.0551. The van der Waals surface area contributed by atoms with Crippen LogP contribution in [0.25, 0.3) is 0 Å². The predicted octanol–water partition coefficient (Wildman–Crippen LogP) is 2.50. The Kier molecular flexibility index (Phi) is 4.17. The Morgan fingerprint density at radius 3 is 2.41 bits per heavy atom. The maximum absolute atomic E-state index is 10.1. The van der Waals surface area contributed by atoms with Crippen LogP contribution in [0.15, 0.2) is 18.2 Å². The van der Waals surface area contributed by atoms with Crippen LogP contribution in [0.3, 0.4) is 0 Å². The molecule has 0 radical (unpaired) electrons. The fourth-order valence-corrected chi connectivity index (χ4v) is 1.66. The summed E-state index contributed by atoms with van der Waals surface area (Å²) in [4.78, 5) is 0. The molecule has 1 aromatic rings. The number of hydrogen-bond acceptors (Lipinski definition) is 3. The van der Waals surface area contributed by atoms with Gasteiger partial charge < -0.3 is 15.9 Å². The highest BCUT2D eigenvalue weighted by Crippen LogP contribution is 2.31. The van der Waals surface area contributed by atoms with E-state index < -0.39 is 6.10 Å². The quantitative estimate of drug-likeness (QED) is 0.756. The van der Waals surface area contributed by atoms with Crippen LogP contribution in [0.4, 0.5) is 0 Å². The van der Waals surface area contributed by atoms with E-state index in [1.807, 2.05) is 33.8 Å². The van der Waals surface area contributed by atoms with Crippen molar-refractivity contribution in [2.24, 2.45) is 11.1 Å². The van der Waals surface area contributed by atoms with Crippen LogP contribution in [-0.4, -0.2) is 16.3 Å². The third-order valence-electron chi connectivity index (χ3n) is 3.13. The molecule has 96 valence electrons. The summed E-state index contributed by atoms with van der Waals surface area (Å²) in [5.74, 6) is 0.129. The fraction of sp³-hybridized carbons (Fsp3) is 0.571. The maximum Gasteiger partial charge on any atom is 0.121 e. The van der Waals surface area contributed by atoms with E-state index in [0.717, 1.165) is 5.56 Å². The predicted molar refractivity (Wildman–Crippen MR) is 69.9 cm³/mol. The summed E-state index contributed by atoms with van der Waals surface area (Å²) in [7, 11) is 0. The first-order valence-electron chi connectivity index (χ1n) is 5.95. The lowest BCUT2D eigenvalue weighted by molar-refractivity contribution is 0.130. The molecule has 0 spiro atoms. The van der Waals surface area contributed by atoms with Gasteiger partial charge in [0.1, 0.15) is 5.75 Å². The van der Waals surface area contributed by atoms with Crippen LogP contribution in [0.1, 0.15) is 44.4 Å². The van der Waals surface area contributed by atoms with Crippen molar-refractivity contribution in [3.8, 4) is 5.75 Å². The van der Waals surface area contributed by atoms with E-state index in [-0.39, 0.29) is 17.2 Å². The first-order valence-corrected chi connectivity index (χ1v) is 5.95. The number of nitrogens with two attached hydrogens (primary N) is 1. The van der Waals surface area contributed by atoms with Crippen molar-refractivity contribution in [1.29, 1.82) is 0 Å². The second-order valence-corrected chi connectivity index (χ2v) is 5.79. The van der Waals surface area contributed by atoms with Gasteiger partial charge in [-0.15, -0.1) is 0 Å². The number of aliphatic hydroxyl groups is 1. The monoisotopic (exact) mass is 237 g/mol. The first kappa shape index (κ1) is 14.0. The van der Waals surface area contributed by atoms with Gasteiger partial charge in [-0.2, -0.15) is 0 Å². The zero-order chi connectivity index (χ0) is 13.2. The lowest BCUT2D eigenvalue weighted by Gasteiger charge is -2.29. The molecule has 0 bridgehead atoms. The fourth-order valence-electron chi connectivity index (χ4n) is 1.66. The molecule has 0 fully saturated rings. The molecule has 17 heavy (non-hydrogen) atoms. The summed E-state index contributed by atoms with van der Waals surface area (Å²) >= 11 is 0. The molecule has 1 rings (SSSR count). The van der Waals surface area contributed by atoms with Crippen LogP contribution >= 0.6 is 0 Å². The number of aliphatic hydroxyl groups excluding tert-OH is 1. The van der Waals surface area contributed by atoms with E-state index in [0.29, 0.717) is 12.0 Å². The Morgan fingerprint density at radius 1 is 1.29 bits per heavy atom. The Morgan fingerprint density at radius 2 is 1.88 bits per heavy atom. The van der Waals surface area contributed by atoms with Crippen LogP contribution in [0, 0.1) is 12.3 Å². The average molecular weight is 237 g/mol. The number of aromatic hydroxyl groups is 1. The van der Waals surface area contributed by atoms with E-state index in [1.165, 1.54) is 0 Å². The number of hydrogen-bond donors (Lipinski definition) is 3. The number of phenols is 1. The minimum Gasteiger partial charge on any atom is -0.508 e. The van der Waals surface area contributed by atoms with E-state index in [4.69, 9.17) is 5.73 Å². The molecular weight excluding hydrogens is 214 g/mol. The van der Waals surface area contributed by atoms with Crippen LogP contribution in [0.5, 0.6) is 5.75 Å². The molecule has 3 nitrogen and oxygen atoms in total. The van der Waals surface area contributed by atoms with Crippen molar-refractivity contribution in [2.45, 2.75) is 46.3 Å². The minimum atomic E-state index is -0.718. The largest absolute Gasteiger partial charge is 0.508 e. The highest BCUT2D eigenvalue weighted by molar-refractivity contribution is 5.37. The zero-order valence-corrected chi connectivity index (χ0v) is 11.1. The normalized spacial score (nSPS) is 15.6. The van der Waals surface area contributed by atoms with E-state index in [1.54, 1.807) is 12.1 Å². The van der Waals surface area contributed by atoms with E-state index in [9.17, 15) is 10.2 Å². The van der Waals surface area contributed by atoms with Crippen molar-refractivity contribution >= 4 is 0 Å². The first-order chi connectivity index (χ1) is 7.71. The average Bonchev–Trinajstić information content (AvgIpc) is 2.20. The van der Waals surface area contributed by atoms with Gasteiger partial charge in [-0.05, 0) is 30.9 Å². The van der Waals surface area contributed by atoms with Gasteiger partial charge in [0.05, 0.1) is 6.10 Å². The summed E-state index contributed by atoms with van der Waals surface area (Å²) in [5, 5.41) is 19.8. The molecule has 0 aliphatic heterocycles. The molecule has 0 aromatic heterocycles. The van der Waals surface area contributed by atoms with Gasteiger partial charge >= 0.3 is 0 Å². The molecule has 0 aliphatic carbocycles. The SMILES string of the molecule is Cc1ccc(O)c([C@@H](O)C[C@@H](N)C(C)(C)C)c1. The Hall–Kier alpha value is -1.06. The summed E-state index contributed by atoms with van der Waals surface area (Å²) in [6, 6.07) is 5.11. The maximum atomic E-state index is 10.1. The van der Waals surface area contributed by atoms with Gasteiger partial charge in [-0.3, -0.25) is 0 Å². The molecule has 0 amide bonds. The molecule has 1 aromatic carbocycles. The van der Waals surface area contributed by atoms with Gasteiger partial charge in [-0.25, -0.2) is 0 Å². The van der Waals surface area contributed by atoms with E-state index >= 15 is 0 Å². The molecule has 0 aliphatic rings. The van der Waals surface area contributed by atoms with Crippen LogP contribution in [0.2, 0.25) is 0 Å². The van der Waals surface area contributed by atoms with E-state index in [2.05, 4.69) is 0 Å². The topological polar surface area (TPSA) is 66.5 Å². The Balaban J connectivity index is 2.83. The molecular formula is C14H23NO2. The number of rotatable bonds is 3.